The molecular weight excluding hydrogens is 284 g/mol. The Morgan fingerprint density at radius 1 is 1.43 bits per heavy atom. The van der Waals surface area contributed by atoms with E-state index in [1.165, 1.54) is 0 Å². The summed E-state index contributed by atoms with van der Waals surface area (Å²) in [5.74, 6) is 1.54. The number of aromatic nitrogens is 2. The van der Waals surface area contributed by atoms with Gasteiger partial charge in [-0.3, -0.25) is 0 Å². The molecule has 2 aromatic rings. The first-order chi connectivity index (χ1) is 10.0. The quantitative estimate of drug-likeness (QED) is 0.792. The summed E-state index contributed by atoms with van der Waals surface area (Å²) >= 11 is 1.62. The first kappa shape index (κ1) is 14.5. The Morgan fingerprint density at radius 2 is 2.24 bits per heavy atom. The van der Waals surface area contributed by atoms with Crippen LogP contribution in [0.3, 0.4) is 0 Å². The number of nitrogens with zero attached hydrogens (tertiary/aromatic N) is 2. The van der Waals surface area contributed by atoms with Crippen molar-refractivity contribution in [3.8, 4) is 0 Å². The van der Waals surface area contributed by atoms with E-state index < -0.39 is 0 Å². The number of hydrogen-bond acceptors (Lipinski definition) is 6. The molecule has 2 atom stereocenters. The molecule has 1 fully saturated rings. The van der Waals surface area contributed by atoms with Gasteiger partial charge in [0.2, 0.25) is 5.95 Å². The highest BCUT2D eigenvalue weighted by Gasteiger charge is 2.47. The van der Waals surface area contributed by atoms with Gasteiger partial charge in [0.25, 0.3) is 0 Å². The molecule has 0 amide bonds. The van der Waals surface area contributed by atoms with E-state index in [1.54, 1.807) is 11.3 Å². The van der Waals surface area contributed by atoms with Gasteiger partial charge in [0.05, 0.1) is 11.5 Å². The molecule has 2 aromatic heterocycles. The molecule has 3 rings (SSSR count). The van der Waals surface area contributed by atoms with E-state index in [0.29, 0.717) is 5.95 Å². The summed E-state index contributed by atoms with van der Waals surface area (Å²) in [4.78, 5) is 10.1. The van der Waals surface area contributed by atoms with Crippen LogP contribution in [0.1, 0.15) is 33.6 Å². The zero-order chi connectivity index (χ0) is 15.0. The van der Waals surface area contributed by atoms with Crippen molar-refractivity contribution >= 4 is 33.3 Å². The number of rotatable bonds is 5. The molecule has 1 aliphatic carbocycles. The number of thiophene rings is 1. The van der Waals surface area contributed by atoms with Crippen molar-refractivity contribution in [3.63, 3.8) is 0 Å². The van der Waals surface area contributed by atoms with Gasteiger partial charge in [0, 0.05) is 18.0 Å². The Hall–Kier alpha value is -1.40. The number of fused-ring (bicyclic) bond motifs is 1. The molecule has 3 N–H and O–H groups in total. The van der Waals surface area contributed by atoms with Crippen molar-refractivity contribution in [1.29, 1.82) is 0 Å². The molecule has 0 aliphatic heterocycles. The largest absolute Gasteiger partial charge is 0.392 e. The first-order valence-corrected chi connectivity index (χ1v) is 8.34. The van der Waals surface area contributed by atoms with Gasteiger partial charge in [-0.15, -0.1) is 11.3 Å². The topological polar surface area (TPSA) is 70.1 Å². The van der Waals surface area contributed by atoms with Crippen LogP contribution >= 0.6 is 11.3 Å². The molecule has 2 unspecified atom stereocenters. The van der Waals surface area contributed by atoms with Crippen LogP contribution in [0.25, 0.3) is 10.2 Å². The minimum Gasteiger partial charge on any atom is -0.392 e. The van der Waals surface area contributed by atoms with Crippen molar-refractivity contribution in [2.24, 2.45) is 5.41 Å². The Kier molecular flexibility index (Phi) is 3.75. The summed E-state index contributed by atoms with van der Waals surface area (Å²) in [5, 5.41) is 19.7. The molecule has 21 heavy (non-hydrogen) atoms. The van der Waals surface area contributed by atoms with Crippen LogP contribution < -0.4 is 10.6 Å². The minimum atomic E-state index is -0.243. The van der Waals surface area contributed by atoms with Gasteiger partial charge < -0.3 is 15.7 Å². The van der Waals surface area contributed by atoms with Gasteiger partial charge in [0.1, 0.15) is 10.6 Å². The van der Waals surface area contributed by atoms with Gasteiger partial charge in [-0.25, -0.2) is 4.98 Å². The van der Waals surface area contributed by atoms with E-state index >= 15 is 0 Å². The second kappa shape index (κ2) is 5.42. The molecule has 6 heteroatoms. The first-order valence-electron chi connectivity index (χ1n) is 7.46. The van der Waals surface area contributed by atoms with Crippen LogP contribution in [0.4, 0.5) is 11.8 Å². The van der Waals surface area contributed by atoms with Crippen LogP contribution in [-0.4, -0.2) is 33.8 Å². The van der Waals surface area contributed by atoms with E-state index in [-0.39, 0.29) is 17.6 Å². The number of nitrogens with one attached hydrogen (secondary N) is 2. The lowest BCUT2D eigenvalue weighted by Gasteiger charge is -2.49. The fraction of sp³-hybridized carbons (Fsp3) is 0.600. The van der Waals surface area contributed by atoms with Crippen molar-refractivity contribution in [2.45, 2.75) is 45.8 Å². The number of anilines is 2. The van der Waals surface area contributed by atoms with Crippen LogP contribution in [0.2, 0.25) is 0 Å². The van der Waals surface area contributed by atoms with Crippen molar-refractivity contribution < 1.29 is 5.11 Å². The van der Waals surface area contributed by atoms with E-state index in [2.05, 4.69) is 41.4 Å². The average Bonchev–Trinajstić information content (AvgIpc) is 2.93. The van der Waals surface area contributed by atoms with E-state index in [9.17, 15) is 5.11 Å². The van der Waals surface area contributed by atoms with Crippen molar-refractivity contribution in [1.82, 2.24) is 9.97 Å². The maximum atomic E-state index is 9.89. The summed E-state index contributed by atoms with van der Waals surface area (Å²) in [7, 11) is 0. The van der Waals surface area contributed by atoms with Crippen LogP contribution in [0.15, 0.2) is 11.4 Å². The maximum Gasteiger partial charge on any atom is 0.226 e. The highest BCUT2D eigenvalue weighted by molar-refractivity contribution is 7.16. The van der Waals surface area contributed by atoms with E-state index in [0.717, 1.165) is 35.4 Å². The monoisotopic (exact) mass is 306 g/mol. The molecule has 5 nitrogen and oxygen atoms in total. The molecule has 0 radical (unpaired) electrons. The van der Waals surface area contributed by atoms with Gasteiger partial charge in [-0.05, 0) is 24.3 Å². The molecule has 2 heterocycles. The summed E-state index contributed by atoms with van der Waals surface area (Å²) in [6.45, 7) is 7.15. The minimum absolute atomic E-state index is 0.121. The predicted molar refractivity (Wildman–Crippen MR) is 88.0 cm³/mol. The third-order valence-electron chi connectivity index (χ3n) is 4.39. The molecule has 0 bridgehead atoms. The number of aliphatic hydroxyl groups is 1. The smallest absolute Gasteiger partial charge is 0.226 e. The highest BCUT2D eigenvalue weighted by atomic mass is 32.1. The molecular formula is C15H22N4OS. The lowest BCUT2D eigenvalue weighted by Crippen LogP contribution is -2.57. The van der Waals surface area contributed by atoms with E-state index in [1.807, 2.05) is 11.4 Å². The van der Waals surface area contributed by atoms with Gasteiger partial charge in [0.15, 0.2) is 0 Å². The summed E-state index contributed by atoms with van der Waals surface area (Å²) in [6, 6.07) is 2.29. The van der Waals surface area contributed by atoms with Gasteiger partial charge in [-0.2, -0.15) is 4.98 Å². The second-order valence-corrected chi connectivity index (χ2v) is 7.13. The third kappa shape index (κ3) is 2.58. The molecule has 1 saturated carbocycles. The second-order valence-electron chi connectivity index (χ2n) is 6.23. The Morgan fingerprint density at radius 3 is 2.90 bits per heavy atom. The van der Waals surface area contributed by atoms with Gasteiger partial charge >= 0.3 is 0 Å². The van der Waals surface area contributed by atoms with Crippen molar-refractivity contribution in [2.75, 3.05) is 17.2 Å². The van der Waals surface area contributed by atoms with Crippen LogP contribution in [-0.2, 0) is 0 Å². The van der Waals surface area contributed by atoms with Crippen LogP contribution in [0.5, 0.6) is 0 Å². The molecule has 0 spiro atoms. The lowest BCUT2D eigenvalue weighted by molar-refractivity contribution is -0.0511. The van der Waals surface area contributed by atoms with Gasteiger partial charge in [-0.1, -0.05) is 20.8 Å². The van der Waals surface area contributed by atoms with Crippen LogP contribution in [0, 0.1) is 5.41 Å². The number of hydrogen-bond donors (Lipinski definition) is 3. The van der Waals surface area contributed by atoms with E-state index in [4.69, 9.17) is 0 Å². The summed E-state index contributed by atoms with van der Waals surface area (Å²) in [6.07, 6.45) is 1.56. The Bertz CT molecular complexity index is 640. The molecule has 0 aromatic carbocycles. The fourth-order valence-corrected chi connectivity index (χ4v) is 3.36. The lowest BCUT2D eigenvalue weighted by atomic mass is 9.64. The number of aliphatic hydroxyl groups excluding tert-OH is 1. The standard InChI is InChI=1S/C15H22N4OS/c1-4-6-16-14-18-12(9-5-7-21-13(9)19-14)17-10-8-11(20)15(10,2)3/h5,7,10-11,20H,4,6,8H2,1-3H3,(H2,16,17,18,19). The molecule has 1 aliphatic rings. The third-order valence-corrected chi connectivity index (χ3v) is 5.19. The summed E-state index contributed by atoms with van der Waals surface area (Å²) < 4.78 is 0. The SMILES string of the molecule is CCCNc1nc(NC2CC(O)C2(C)C)c2ccsc2n1. The maximum absolute atomic E-state index is 9.89. The summed E-state index contributed by atoms with van der Waals surface area (Å²) in [5.41, 5.74) is -0.121. The molecule has 114 valence electrons. The zero-order valence-electron chi connectivity index (χ0n) is 12.7. The average molecular weight is 306 g/mol. The normalized spacial score (nSPS) is 23.8. The molecule has 0 saturated heterocycles. The van der Waals surface area contributed by atoms with Crippen molar-refractivity contribution in [3.05, 3.63) is 11.4 Å². The predicted octanol–water partition coefficient (Wildman–Crippen LogP) is 3.08. The Balaban J connectivity index is 1.88. The highest BCUT2D eigenvalue weighted by Crippen LogP contribution is 2.42. The fourth-order valence-electron chi connectivity index (χ4n) is 2.59. The zero-order valence-corrected chi connectivity index (χ0v) is 13.5. The Labute approximate surface area is 128 Å².